The van der Waals surface area contributed by atoms with Crippen LogP contribution in [-0.4, -0.2) is 15.5 Å². The van der Waals surface area contributed by atoms with Gasteiger partial charge in [-0.3, -0.25) is 4.79 Å². The van der Waals surface area contributed by atoms with Gasteiger partial charge in [0.15, 0.2) is 0 Å². The molecule has 0 atom stereocenters. The van der Waals surface area contributed by atoms with Gasteiger partial charge in [-0.2, -0.15) is 0 Å². The van der Waals surface area contributed by atoms with Gasteiger partial charge in [0.1, 0.15) is 5.65 Å². The van der Waals surface area contributed by atoms with E-state index < -0.39 is 5.91 Å². The number of hydrogen-bond acceptors (Lipinski definition) is 2. The van der Waals surface area contributed by atoms with E-state index in [1.807, 2.05) is 54.7 Å². The van der Waals surface area contributed by atoms with Gasteiger partial charge < -0.3 is 10.3 Å². The molecule has 0 aliphatic carbocycles. The number of nitrogens with zero attached hydrogens (tertiary/aromatic N) is 2. The molecule has 0 saturated heterocycles. The predicted molar refractivity (Wildman–Crippen MR) is 125 cm³/mol. The third-order valence-electron chi connectivity index (χ3n) is 5.58. The lowest BCUT2D eigenvalue weighted by molar-refractivity contribution is 0.100. The molecule has 0 fully saturated rings. The van der Waals surface area contributed by atoms with Crippen LogP contribution in [0.3, 0.4) is 0 Å². The number of carbonyl (C=O) groups is 1. The first kappa shape index (κ1) is 18.8. The number of aromatic nitrogens is 2. The first-order valence-corrected chi connectivity index (χ1v) is 10.1. The van der Waals surface area contributed by atoms with E-state index in [1.165, 1.54) is 5.56 Å². The highest BCUT2D eigenvalue weighted by atomic mass is 16.1. The van der Waals surface area contributed by atoms with Crippen molar-refractivity contribution in [1.29, 1.82) is 0 Å². The van der Waals surface area contributed by atoms with Gasteiger partial charge in [0, 0.05) is 40.2 Å². The van der Waals surface area contributed by atoms with Crippen LogP contribution in [0.4, 0.5) is 0 Å². The predicted octanol–water partition coefficient (Wildman–Crippen LogP) is 5.77. The molecule has 0 radical (unpaired) electrons. The number of primary amides is 1. The number of benzene rings is 3. The fraction of sp³-hybridized carbons (Fsp3) is 0.0370. The Morgan fingerprint density at radius 3 is 2.35 bits per heavy atom. The molecule has 0 unspecified atom stereocenters. The summed E-state index contributed by atoms with van der Waals surface area (Å²) < 4.78 is 2.15. The Morgan fingerprint density at radius 1 is 0.839 bits per heavy atom. The first-order chi connectivity index (χ1) is 15.1. The first-order valence-electron chi connectivity index (χ1n) is 10.1. The van der Waals surface area contributed by atoms with E-state index in [-0.39, 0.29) is 0 Å². The molecule has 2 aromatic heterocycles. The van der Waals surface area contributed by atoms with Crippen molar-refractivity contribution in [3.63, 3.8) is 0 Å². The lowest BCUT2D eigenvalue weighted by atomic mass is 10.0. The molecule has 2 N–H and O–H groups in total. The molecule has 0 spiro atoms. The molecule has 0 bridgehead atoms. The number of amides is 1. The second-order valence-electron chi connectivity index (χ2n) is 7.61. The summed E-state index contributed by atoms with van der Waals surface area (Å²) in [6.07, 6.45) is 4.00. The van der Waals surface area contributed by atoms with Crippen molar-refractivity contribution in [1.82, 2.24) is 9.55 Å². The minimum Gasteiger partial charge on any atom is -0.366 e. The molecule has 31 heavy (non-hydrogen) atoms. The van der Waals surface area contributed by atoms with E-state index in [0.29, 0.717) is 5.56 Å². The maximum absolute atomic E-state index is 11.6. The van der Waals surface area contributed by atoms with Gasteiger partial charge in [0.2, 0.25) is 5.91 Å². The largest absolute Gasteiger partial charge is 0.366 e. The van der Waals surface area contributed by atoms with E-state index in [9.17, 15) is 4.79 Å². The van der Waals surface area contributed by atoms with Gasteiger partial charge in [0.25, 0.3) is 0 Å². The third-order valence-corrected chi connectivity index (χ3v) is 5.58. The maximum atomic E-state index is 11.6. The summed E-state index contributed by atoms with van der Waals surface area (Å²) in [4.78, 5) is 16.5. The normalized spacial score (nSPS) is 11.0. The molecule has 150 valence electrons. The Labute approximate surface area is 180 Å². The fourth-order valence-electron chi connectivity index (χ4n) is 3.98. The summed E-state index contributed by atoms with van der Waals surface area (Å²) >= 11 is 0. The van der Waals surface area contributed by atoms with Crippen molar-refractivity contribution < 1.29 is 4.79 Å². The zero-order valence-electron chi connectivity index (χ0n) is 17.1. The van der Waals surface area contributed by atoms with Crippen LogP contribution in [0.1, 0.15) is 15.9 Å². The Morgan fingerprint density at radius 2 is 1.58 bits per heavy atom. The number of aryl methyl sites for hydroxylation is 1. The van der Waals surface area contributed by atoms with Gasteiger partial charge in [-0.25, -0.2) is 4.98 Å². The van der Waals surface area contributed by atoms with E-state index in [0.717, 1.165) is 39.0 Å². The molecule has 0 saturated carbocycles. The lowest BCUT2D eigenvalue weighted by Gasteiger charge is -2.09. The lowest BCUT2D eigenvalue weighted by Crippen LogP contribution is -2.10. The highest BCUT2D eigenvalue weighted by Crippen LogP contribution is 2.34. The van der Waals surface area contributed by atoms with E-state index in [2.05, 4.69) is 48.0 Å². The zero-order chi connectivity index (χ0) is 21.4. The van der Waals surface area contributed by atoms with Crippen LogP contribution in [0.2, 0.25) is 0 Å². The number of rotatable bonds is 4. The van der Waals surface area contributed by atoms with Crippen molar-refractivity contribution in [3.05, 3.63) is 108 Å². The average molecular weight is 403 g/mol. The summed E-state index contributed by atoms with van der Waals surface area (Å²) in [5.41, 5.74) is 13.2. The van der Waals surface area contributed by atoms with Gasteiger partial charge >= 0.3 is 0 Å². The molecule has 0 aliphatic heterocycles. The minimum atomic E-state index is -0.438. The molecule has 0 aliphatic rings. The molecule has 2 heterocycles. The van der Waals surface area contributed by atoms with Crippen molar-refractivity contribution >= 4 is 16.9 Å². The van der Waals surface area contributed by atoms with E-state index in [1.54, 1.807) is 6.07 Å². The van der Waals surface area contributed by atoms with Crippen LogP contribution in [0, 0.1) is 6.92 Å². The Balaban J connectivity index is 1.76. The van der Waals surface area contributed by atoms with Crippen molar-refractivity contribution in [3.8, 4) is 27.9 Å². The van der Waals surface area contributed by atoms with Gasteiger partial charge in [-0.15, -0.1) is 0 Å². The molecule has 5 rings (SSSR count). The van der Waals surface area contributed by atoms with Gasteiger partial charge in [-0.05, 0) is 47.9 Å². The number of nitrogens with two attached hydrogens (primary N) is 1. The van der Waals surface area contributed by atoms with Crippen LogP contribution >= 0.6 is 0 Å². The number of pyridine rings is 1. The van der Waals surface area contributed by atoms with Crippen LogP contribution in [0.25, 0.3) is 39.0 Å². The molecular weight excluding hydrogens is 382 g/mol. The quantitative estimate of drug-likeness (QED) is 0.414. The van der Waals surface area contributed by atoms with Crippen molar-refractivity contribution in [2.75, 3.05) is 0 Å². The van der Waals surface area contributed by atoms with Crippen molar-refractivity contribution in [2.45, 2.75) is 6.92 Å². The highest BCUT2D eigenvalue weighted by molar-refractivity contribution is 5.98. The molecule has 1 amide bonds. The van der Waals surface area contributed by atoms with Crippen molar-refractivity contribution in [2.24, 2.45) is 5.73 Å². The van der Waals surface area contributed by atoms with E-state index in [4.69, 9.17) is 10.7 Å². The minimum absolute atomic E-state index is 0.438. The van der Waals surface area contributed by atoms with Gasteiger partial charge in [0.05, 0.1) is 0 Å². The smallest absolute Gasteiger partial charge is 0.248 e. The fourth-order valence-corrected chi connectivity index (χ4v) is 3.98. The molecule has 5 aromatic rings. The Kier molecular flexibility index (Phi) is 4.60. The van der Waals surface area contributed by atoms with E-state index >= 15 is 0 Å². The highest BCUT2D eigenvalue weighted by Gasteiger charge is 2.15. The molecule has 4 nitrogen and oxygen atoms in total. The number of hydrogen-bond donors (Lipinski definition) is 1. The summed E-state index contributed by atoms with van der Waals surface area (Å²) in [7, 11) is 0. The summed E-state index contributed by atoms with van der Waals surface area (Å²) in [6, 6.07) is 28.1. The molecule has 4 heteroatoms. The van der Waals surface area contributed by atoms with Crippen LogP contribution in [-0.2, 0) is 0 Å². The third kappa shape index (κ3) is 3.38. The monoisotopic (exact) mass is 403 g/mol. The van der Waals surface area contributed by atoms with Crippen LogP contribution in [0.15, 0.2) is 97.3 Å². The summed E-state index contributed by atoms with van der Waals surface area (Å²) in [6.45, 7) is 2.10. The van der Waals surface area contributed by atoms with Crippen LogP contribution < -0.4 is 5.73 Å². The average Bonchev–Trinajstić information content (AvgIpc) is 3.19. The Hall–Kier alpha value is -4.18. The van der Waals surface area contributed by atoms with Gasteiger partial charge in [-0.1, -0.05) is 60.7 Å². The maximum Gasteiger partial charge on any atom is 0.248 e. The summed E-state index contributed by atoms with van der Waals surface area (Å²) in [5, 5.41) is 1.05. The second kappa shape index (κ2) is 7.58. The topological polar surface area (TPSA) is 60.9 Å². The zero-order valence-corrected chi connectivity index (χ0v) is 17.1. The standard InChI is InChI=1S/C27H21N3O/c1-18-8-5-6-13-25(18)30-17-24(19-9-3-2-4-10-19)23-15-22(16-29-27(23)30)20-11-7-12-21(14-20)26(28)31/h2-17H,1H3,(H2,28,31). The SMILES string of the molecule is Cc1ccccc1-n1cc(-c2ccccc2)c2cc(-c3cccc(C(N)=O)c3)cnc21. The molecule has 3 aromatic carbocycles. The number of para-hydroxylation sites is 1. The van der Waals surface area contributed by atoms with Crippen LogP contribution in [0.5, 0.6) is 0 Å². The number of carbonyl (C=O) groups excluding carboxylic acids is 1. The Bertz CT molecular complexity index is 1420. The molecular formula is C27H21N3O. The second-order valence-corrected chi connectivity index (χ2v) is 7.61. The number of fused-ring (bicyclic) bond motifs is 1. The summed E-state index contributed by atoms with van der Waals surface area (Å²) in [5.74, 6) is -0.438.